The predicted molar refractivity (Wildman–Crippen MR) is 78.3 cm³/mol. The molecule has 4 nitrogen and oxygen atoms in total. The number of amides is 1. The number of hydrogen-bond acceptors (Lipinski definition) is 2. The monoisotopic (exact) mass is 311 g/mol. The fourth-order valence-electron chi connectivity index (χ4n) is 1.50. The molecule has 104 valence electrons. The second kappa shape index (κ2) is 6.59. The van der Waals surface area contributed by atoms with Crippen molar-refractivity contribution in [3.63, 3.8) is 0 Å². The Morgan fingerprint density at radius 2 is 2.10 bits per heavy atom. The quantitative estimate of drug-likeness (QED) is 0.943. The number of aryl methyl sites for hydroxylation is 1. The molecule has 1 amide bonds. The summed E-state index contributed by atoms with van der Waals surface area (Å²) in [4.78, 5) is 14.7. The third-order valence-electron chi connectivity index (χ3n) is 2.50. The van der Waals surface area contributed by atoms with Gasteiger partial charge in [-0.3, -0.25) is 0 Å². The van der Waals surface area contributed by atoms with Crippen LogP contribution >= 0.6 is 23.2 Å². The Labute approximate surface area is 126 Å². The van der Waals surface area contributed by atoms with E-state index in [1.54, 1.807) is 30.5 Å². The summed E-state index contributed by atoms with van der Waals surface area (Å²) >= 11 is 11.7. The maximum Gasteiger partial charge on any atom is 0.345 e. The van der Waals surface area contributed by atoms with Crippen LogP contribution in [0, 0.1) is 6.92 Å². The van der Waals surface area contributed by atoms with E-state index in [-0.39, 0.29) is 12.5 Å². The molecule has 0 saturated carbocycles. The van der Waals surface area contributed by atoms with Crippen molar-refractivity contribution in [3.05, 3.63) is 52.1 Å². The SMILES string of the molecule is Cc1ccc(NC(=O)COc2ccc(Cl)cc2Cl)[nH+]c1. The predicted octanol–water partition coefficient (Wildman–Crippen LogP) is 3.13. The topological polar surface area (TPSA) is 52.5 Å². The summed E-state index contributed by atoms with van der Waals surface area (Å²) in [5.41, 5.74) is 1.08. The van der Waals surface area contributed by atoms with Gasteiger partial charge in [0.1, 0.15) is 5.75 Å². The zero-order valence-corrected chi connectivity index (χ0v) is 12.3. The molecule has 0 radical (unpaired) electrons. The van der Waals surface area contributed by atoms with Crippen LogP contribution in [0.5, 0.6) is 5.75 Å². The van der Waals surface area contributed by atoms with Crippen molar-refractivity contribution in [2.75, 3.05) is 11.9 Å². The van der Waals surface area contributed by atoms with Crippen LogP contribution in [-0.4, -0.2) is 12.5 Å². The molecule has 1 aromatic heterocycles. The maximum atomic E-state index is 11.7. The van der Waals surface area contributed by atoms with Gasteiger partial charge < -0.3 is 4.74 Å². The number of aromatic nitrogens is 1. The average Bonchev–Trinajstić information content (AvgIpc) is 2.40. The molecular weight excluding hydrogens is 299 g/mol. The first-order valence-electron chi connectivity index (χ1n) is 5.90. The number of rotatable bonds is 4. The van der Waals surface area contributed by atoms with Crippen LogP contribution in [0.15, 0.2) is 36.5 Å². The van der Waals surface area contributed by atoms with Gasteiger partial charge in [-0.25, -0.2) is 15.1 Å². The summed E-state index contributed by atoms with van der Waals surface area (Å²) in [6, 6.07) is 8.50. The Morgan fingerprint density at radius 3 is 2.75 bits per heavy atom. The Morgan fingerprint density at radius 1 is 1.30 bits per heavy atom. The third-order valence-corrected chi connectivity index (χ3v) is 3.03. The van der Waals surface area contributed by atoms with Crippen LogP contribution in [0.3, 0.4) is 0 Å². The molecule has 0 bridgehead atoms. The van der Waals surface area contributed by atoms with Gasteiger partial charge in [0.15, 0.2) is 6.61 Å². The molecule has 2 N–H and O–H groups in total. The molecule has 2 aromatic rings. The number of aromatic amines is 1. The van der Waals surface area contributed by atoms with Gasteiger partial charge in [-0.15, -0.1) is 0 Å². The van der Waals surface area contributed by atoms with E-state index < -0.39 is 0 Å². The molecular formula is C14H13Cl2N2O2+. The van der Waals surface area contributed by atoms with E-state index in [1.165, 1.54) is 0 Å². The lowest BCUT2D eigenvalue weighted by Crippen LogP contribution is -2.24. The molecule has 0 spiro atoms. The molecule has 20 heavy (non-hydrogen) atoms. The van der Waals surface area contributed by atoms with Gasteiger partial charge in [-0.2, -0.15) is 0 Å². The van der Waals surface area contributed by atoms with E-state index in [1.807, 2.05) is 13.0 Å². The first-order valence-corrected chi connectivity index (χ1v) is 6.66. The van der Waals surface area contributed by atoms with E-state index in [9.17, 15) is 4.79 Å². The van der Waals surface area contributed by atoms with E-state index >= 15 is 0 Å². The molecule has 1 aromatic carbocycles. The number of benzene rings is 1. The van der Waals surface area contributed by atoms with Gasteiger partial charge in [-0.1, -0.05) is 23.2 Å². The second-order valence-electron chi connectivity index (χ2n) is 4.19. The van der Waals surface area contributed by atoms with Gasteiger partial charge >= 0.3 is 5.91 Å². The Bertz CT molecular complexity index is 615. The number of H-pyrrole nitrogens is 1. The molecule has 0 atom stereocenters. The van der Waals surface area contributed by atoms with E-state index in [0.29, 0.717) is 21.6 Å². The highest BCUT2D eigenvalue weighted by atomic mass is 35.5. The van der Waals surface area contributed by atoms with Crippen molar-refractivity contribution in [3.8, 4) is 5.75 Å². The van der Waals surface area contributed by atoms with E-state index in [4.69, 9.17) is 27.9 Å². The van der Waals surface area contributed by atoms with Crippen LogP contribution < -0.4 is 15.0 Å². The minimum Gasteiger partial charge on any atom is -0.480 e. The summed E-state index contributed by atoms with van der Waals surface area (Å²) in [5.74, 6) is 0.738. The zero-order valence-electron chi connectivity index (χ0n) is 10.7. The molecule has 6 heteroatoms. The molecule has 0 saturated heterocycles. The highest BCUT2D eigenvalue weighted by Gasteiger charge is 2.12. The van der Waals surface area contributed by atoms with Crippen molar-refractivity contribution >= 4 is 34.9 Å². The van der Waals surface area contributed by atoms with Crippen molar-refractivity contribution in [1.82, 2.24) is 0 Å². The number of pyridine rings is 1. The highest BCUT2D eigenvalue weighted by molar-refractivity contribution is 6.35. The van der Waals surface area contributed by atoms with Gasteiger partial charge in [0.25, 0.3) is 5.82 Å². The summed E-state index contributed by atoms with van der Waals surface area (Å²) in [6.45, 7) is 1.82. The largest absolute Gasteiger partial charge is 0.480 e. The van der Waals surface area contributed by atoms with Gasteiger partial charge in [0.05, 0.1) is 11.2 Å². The van der Waals surface area contributed by atoms with E-state index in [2.05, 4.69) is 10.3 Å². The van der Waals surface area contributed by atoms with Crippen molar-refractivity contribution in [1.29, 1.82) is 0 Å². The van der Waals surface area contributed by atoms with Crippen LogP contribution in [0.25, 0.3) is 0 Å². The number of halogens is 2. The van der Waals surface area contributed by atoms with Crippen molar-refractivity contribution < 1.29 is 14.5 Å². The normalized spacial score (nSPS) is 10.2. The van der Waals surface area contributed by atoms with Crippen molar-refractivity contribution in [2.24, 2.45) is 0 Å². The minimum absolute atomic E-state index is 0.136. The number of carbonyl (C=O) groups excluding carboxylic acids is 1. The second-order valence-corrected chi connectivity index (χ2v) is 5.03. The lowest BCUT2D eigenvalue weighted by atomic mass is 10.3. The third kappa shape index (κ3) is 4.11. The fraction of sp³-hybridized carbons (Fsp3) is 0.143. The molecule has 0 fully saturated rings. The van der Waals surface area contributed by atoms with Gasteiger partial charge in [0, 0.05) is 11.1 Å². The Kier molecular flexibility index (Phi) is 4.82. The number of ether oxygens (including phenoxy) is 1. The number of hydrogen-bond donors (Lipinski definition) is 1. The summed E-state index contributed by atoms with van der Waals surface area (Å²) in [5, 5.41) is 3.56. The molecule has 2 rings (SSSR count). The smallest absolute Gasteiger partial charge is 0.345 e. The maximum absolute atomic E-state index is 11.7. The van der Waals surface area contributed by atoms with E-state index in [0.717, 1.165) is 5.56 Å². The zero-order chi connectivity index (χ0) is 14.5. The van der Waals surface area contributed by atoms with Crippen LogP contribution in [0.4, 0.5) is 5.82 Å². The summed E-state index contributed by atoms with van der Waals surface area (Å²) in [6.07, 6.45) is 1.80. The minimum atomic E-state index is -0.281. The lowest BCUT2D eigenvalue weighted by Gasteiger charge is -2.06. The molecule has 1 heterocycles. The Balaban J connectivity index is 1.90. The number of nitrogens with one attached hydrogen (secondary N) is 2. The number of carbonyl (C=O) groups is 1. The summed E-state index contributed by atoms with van der Waals surface area (Å²) in [7, 11) is 0. The van der Waals surface area contributed by atoms with Crippen LogP contribution in [-0.2, 0) is 4.79 Å². The van der Waals surface area contributed by atoms with Crippen LogP contribution in [0.2, 0.25) is 10.0 Å². The van der Waals surface area contributed by atoms with Crippen LogP contribution in [0.1, 0.15) is 5.56 Å². The first-order chi connectivity index (χ1) is 9.54. The van der Waals surface area contributed by atoms with Crippen molar-refractivity contribution in [2.45, 2.75) is 6.92 Å². The molecule has 0 aliphatic rings. The summed E-state index contributed by atoms with van der Waals surface area (Å²) < 4.78 is 5.33. The highest BCUT2D eigenvalue weighted by Crippen LogP contribution is 2.27. The molecule has 0 aliphatic heterocycles. The standard InChI is InChI=1S/C14H12Cl2N2O2/c1-9-2-5-13(17-7-9)18-14(19)8-20-12-4-3-10(15)6-11(12)16/h2-7H,8H2,1H3,(H,17,18,19)/p+1. The average molecular weight is 312 g/mol. The lowest BCUT2D eigenvalue weighted by molar-refractivity contribution is -0.361. The van der Waals surface area contributed by atoms with Gasteiger partial charge in [-0.05, 0) is 36.8 Å². The first kappa shape index (κ1) is 14.6. The fourth-order valence-corrected chi connectivity index (χ4v) is 1.97. The number of anilines is 1. The van der Waals surface area contributed by atoms with Gasteiger partial charge in [0.2, 0.25) is 0 Å². The Hall–Kier alpha value is -1.78. The molecule has 0 aliphatic carbocycles. The molecule has 0 unspecified atom stereocenters.